The summed E-state index contributed by atoms with van der Waals surface area (Å²) >= 11 is 4.72. The van der Waals surface area contributed by atoms with E-state index < -0.39 is 11.8 Å². The second-order valence-corrected chi connectivity index (χ2v) is 7.76. The molecule has 1 aliphatic rings. The van der Waals surface area contributed by atoms with Crippen molar-refractivity contribution in [3.63, 3.8) is 0 Å². The smallest absolute Gasteiger partial charge is 0.308 e. The third-order valence-electron chi connectivity index (χ3n) is 3.94. The SMILES string of the molecule is N#Cc1c(NC(=O)C(=O)N/N=C/c2cccc(Br)c2)sc2c1CCCC2. The van der Waals surface area contributed by atoms with Gasteiger partial charge in [0, 0.05) is 9.35 Å². The number of nitrogens with one attached hydrogen (secondary N) is 2. The number of rotatable bonds is 3. The number of nitrogens with zero attached hydrogens (tertiary/aromatic N) is 2. The highest BCUT2D eigenvalue weighted by molar-refractivity contribution is 9.10. The Kier molecular flexibility index (Phi) is 5.81. The van der Waals surface area contributed by atoms with Gasteiger partial charge in [0.1, 0.15) is 11.1 Å². The highest BCUT2D eigenvalue weighted by Crippen LogP contribution is 2.37. The molecule has 0 aliphatic heterocycles. The molecule has 132 valence electrons. The summed E-state index contributed by atoms with van der Waals surface area (Å²) in [4.78, 5) is 25.1. The maximum absolute atomic E-state index is 12.1. The molecule has 26 heavy (non-hydrogen) atoms. The van der Waals surface area contributed by atoms with Crippen LogP contribution in [0, 0.1) is 11.3 Å². The lowest BCUT2D eigenvalue weighted by Crippen LogP contribution is -2.32. The van der Waals surface area contributed by atoms with Gasteiger partial charge in [-0.1, -0.05) is 28.1 Å². The number of anilines is 1. The number of amides is 2. The van der Waals surface area contributed by atoms with Gasteiger partial charge in [0.25, 0.3) is 0 Å². The van der Waals surface area contributed by atoms with Gasteiger partial charge in [0.2, 0.25) is 0 Å². The van der Waals surface area contributed by atoms with Gasteiger partial charge in [-0.05, 0) is 48.9 Å². The van der Waals surface area contributed by atoms with E-state index in [4.69, 9.17) is 0 Å². The zero-order chi connectivity index (χ0) is 18.5. The number of carbonyl (C=O) groups excluding carboxylic acids is 2. The highest BCUT2D eigenvalue weighted by atomic mass is 79.9. The van der Waals surface area contributed by atoms with Gasteiger partial charge in [-0.3, -0.25) is 9.59 Å². The zero-order valence-electron chi connectivity index (χ0n) is 13.7. The van der Waals surface area contributed by atoms with Crippen LogP contribution < -0.4 is 10.7 Å². The first-order chi connectivity index (χ1) is 12.6. The first kappa shape index (κ1) is 18.3. The number of benzene rings is 1. The molecule has 1 aliphatic carbocycles. The molecule has 0 atom stereocenters. The van der Waals surface area contributed by atoms with Crippen molar-refractivity contribution in [2.24, 2.45) is 5.10 Å². The summed E-state index contributed by atoms with van der Waals surface area (Å²) in [5.41, 5.74) is 4.45. The van der Waals surface area contributed by atoms with Crippen molar-refractivity contribution in [2.45, 2.75) is 25.7 Å². The van der Waals surface area contributed by atoms with Crippen molar-refractivity contribution in [2.75, 3.05) is 5.32 Å². The molecule has 1 aromatic heterocycles. The molecule has 0 fully saturated rings. The summed E-state index contributed by atoms with van der Waals surface area (Å²) in [7, 11) is 0. The molecular formula is C18H15BrN4O2S. The van der Waals surface area contributed by atoms with Crippen LogP contribution in [0.25, 0.3) is 0 Å². The number of aryl methyl sites for hydroxylation is 1. The normalized spacial score (nSPS) is 13.1. The Bertz CT molecular complexity index is 930. The highest BCUT2D eigenvalue weighted by Gasteiger charge is 2.23. The molecule has 1 heterocycles. The van der Waals surface area contributed by atoms with Gasteiger partial charge in [-0.15, -0.1) is 11.3 Å². The summed E-state index contributed by atoms with van der Waals surface area (Å²) in [5.74, 6) is -1.72. The van der Waals surface area contributed by atoms with Crippen molar-refractivity contribution in [1.82, 2.24) is 5.43 Å². The number of thiophene rings is 1. The average Bonchev–Trinajstić information content (AvgIpc) is 2.98. The Morgan fingerprint density at radius 3 is 2.85 bits per heavy atom. The number of hydrogen-bond donors (Lipinski definition) is 2. The fourth-order valence-electron chi connectivity index (χ4n) is 2.74. The Labute approximate surface area is 163 Å². The minimum Gasteiger partial charge on any atom is -0.308 e. The third kappa shape index (κ3) is 4.18. The van der Waals surface area contributed by atoms with E-state index in [1.165, 1.54) is 17.6 Å². The fraction of sp³-hybridized carbons (Fsp3) is 0.222. The van der Waals surface area contributed by atoms with Crippen LogP contribution in [0.15, 0.2) is 33.8 Å². The van der Waals surface area contributed by atoms with Crippen LogP contribution >= 0.6 is 27.3 Å². The maximum atomic E-state index is 12.1. The predicted molar refractivity (Wildman–Crippen MR) is 104 cm³/mol. The van der Waals surface area contributed by atoms with Crippen LogP contribution in [-0.2, 0) is 22.4 Å². The molecule has 1 aromatic carbocycles. The van der Waals surface area contributed by atoms with Gasteiger partial charge in [-0.2, -0.15) is 10.4 Å². The fourth-order valence-corrected chi connectivity index (χ4v) is 4.39. The van der Waals surface area contributed by atoms with E-state index in [9.17, 15) is 14.9 Å². The van der Waals surface area contributed by atoms with Gasteiger partial charge in [-0.25, -0.2) is 5.43 Å². The first-order valence-electron chi connectivity index (χ1n) is 8.03. The van der Waals surface area contributed by atoms with Crippen LogP contribution in [0.4, 0.5) is 5.00 Å². The van der Waals surface area contributed by atoms with Crippen molar-refractivity contribution in [3.8, 4) is 6.07 Å². The molecule has 3 rings (SSSR count). The molecule has 0 saturated carbocycles. The molecule has 2 amide bonds. The van der Waals surface area contributed by atoms with E-state index in [0.717, 1.165) is 46.2 Å². The lowest BCUT2D eigenvalue weighted by atomic mass is 9.96. The Balaban J connectivity index is 1.64. The van der Waals surface area contributed by atoms with Crippen LogP contribution in [0.1, 0.15) is 34.4 Å². The van der Waals surface area contributed by atoms with Crippen LogP contribution in [0.5, 0.6) is 0 Å². The van der Waals surface area contributed by atoms with Crippen molar-refractivity contribution in [1.29, 1.82) is 5.26 Å². The number of hydrazone groups is 1. The van der Waals surface area contributed by atoms with E-state index in [2.05, 4.69) is 37.8 Å². The van der Waals surface area contributed by atoms with E-state index in [1.54, 1.807) is 0 Å². The van der Waals surface area contributed by atoms with Gasteiger partial charge in [0.15, 0.2) is 0 Å². The Morgan fingerprint density at radius 2 is 2.08 bits per heavy atom. The molecule has 0 radical (unpaired) electrons. The van der Waals surface area contributed by atoms with E-state index >= 15 is 0 Å². The van der Waals surface area contributed by atoms with Crippen molar-refractivity contribution >= 4 is 50.3 Å². The minimum absolute atomic E-state index is 0.440. The number of fused-ring (bicyclic) bond motifs is 1. The molecular weight excluding hydrogens is 416 g/mol. The molecule has 6 nitrogen and oxygen atoms in total. The second kappa shape index (κ2) is 8.25. The van der Waals surface area contributed by atoms with Crippen LogP contribution in [0.3, 0.4) is 0 Å². The number of halogens is 1. The number of nitriles is 1. The van der Waals surface area contributed by atoms with Gasteiger partial charge >= 0.3 is 11.8 Å². The minimum atomic E-state index is -0.883. The number of hydrogen-bond acceptors (Lipinski definition) is 5. The zero-order valence-corrected chi connectivity index (χ0v) is 16.1. The van der Waals surface area contributed by atoms with E-state index in [0.29, 0.717) is 10.6 Å². The molecule has 8 heteroatoms. The summed E-state index contributed by atoms with van der Waals surface area (Å²) in [6, 6.07) is 9.49. The standard InChI is InChI=1S/C18H15BrN4O2S/c19-12-5-3-4-11(8-12)10-21-23-17(25)16(24)22-18-14(9-20)13-6-1-2-7-15(13)26-18/h3-5,8,10H,1-2,6-7H2,(H,22,24)(H,23,25)/b21-10+. The van der Waals surface area contributed by atoms with E-state index in [1.807, 2.05) is 24.3 Å². The molecule has 2 N–H and O–H groups in total. The topological polar surface area (TPSA) is 94.4 Å². The van der Waals surface area contributed by atoms with Crippen molar-refractivity contribution < 1.29 is 9.59 Å². The monoisotopic (exact) mass is 430 g/mol. The molecule has 0 unspecified atom stereocenters. The summed E-state index contributed by atoms with van der Waals surface area (Å²) in [6.07, 6.45) is 5.31. The van der Waals surface area contributed by atoms with Crippen LogP contribution in [-0.4, -0.2) is 18.0 Å². The summed E-state index contributed by atoms with van der Waals surface area (Å²) < 4.78 is 0.885. The quantitative estimate of drug-likeness (QED) is 0.443. The molecule has 0 bridgehead atoms. The first-order valence-corrected chi connectivity index (χ1v) is 9.64. The Hall–Kier alpha value is -2.50. The molecule has 0 spiro atoms. The number of carbonyl (C=O) groups is 2. The van der Waals surface area contributed by atoms with Gasteiger partial charge < -0.3 is 5.32 Å². The molecule has 0 saturated heterocycles. The lowest BCUT2D eigenvalue weighted by molar-refractivity contribution is -0.136. The average molecular weight is 431 g/mol. The predicted octanol–water partition coefficient (Wildman–Crippen LogP) is 3.35. The maximum Gasteiger partial charge on any atom is 0.329 e. The Morgan fingerprint density at radius 1 is 1.27 bits per heavy atom. The van der Waals surface area contributed by atoms with E-state index in [-0.39, 0.29) is 0 Å². The van der Waals surface area contributed by atoms with Gasteiger partial charge in [0.05, 0.1) is 11.8 Å². The summed E-state index contributed by atoms with van der Waals surface area (Å²) in [6.45, 7) is 0. The van der Waals surface area contributed by atoms with Crippen LogP contribution in [0.2, 0.25) is 0 Å². The largest absolute Gasteiger partial charge is 0.329 e. The van der Waals surface area contributed by atoms with Crippen molar-refractivity contribution in [3.05, 3.63) is 50.3 Å². The third-order valence-corrected chi connectivity index (χ3v) is 5.65. The lowest BCUT2D eigenvalue weighted by Gasteiger charge is -2.09. The molecule has 2 aromatic rings. The summed E-state index contributed by atoms with van der Waals surface area (Å²) in [5, 5.41) is 16.1. The second-order valence-electron chi connectivity index (χ2n) is 5.74.